The van der Waals surface area contributed by atoms with Crippen molar-refractivity contribution < 1.29 is 14.6 Å². The van der Waals surface area contributed by atoms with Crippen LogP contribution < -0.4 is 9.64 Å². The van der Waals surface area contributed by atoms with Crippen molar-refractivity contribution in [2.75, 3.05) is 12.0 Å². The second kappa shape index (κ2) is 4.87. The van der Waals surface area contributed by atoms with Crippen molar-refractivity contribution in [3.05, 3.63) is 11.9 Å². The minimum atomic E-state index is -1.15. The molecule has 1 N–H and O–H groups in total. The number of methoxy groups -OCH3 is 1. The second-order valence-corrected chi connectivity index (χ2v) is 4.49. The SMILES string of the molecule is COc1nc(N(C(=O)O)C(C)(C)C)cnc1C#N. The summed E-state index contributed by atoms with van der Waals surface area (Å²) in [5.74, 6) is 0.122. The molecule has 1 rings (SSSR count). The van der Waals surface area contributed by atoms with Gasteiger partial charge in [0.2, 0.25) is 5.69 Å². The fourth-order valence-corrected chi connectivity index (χ4v) is 1.42. The third kappa shape index (κ3) is 2.66. The van der Waals surface area contributed by atoms with Crippen LogP contribution in [0.2, 0.25) is 0 Å². The number of carboxylic acid groups (broad SMARTS) is 1. The number of anilines is 1. The van der Waals surface area contributed by atoms with Gasteiger partial charge in [-0.2, -0.15) is 10.2 Å². The van der Waals surface area contributed by atoms with Crippen LogP contribution in [0.4, 0.5) is 10.6 Å². The average molecular weight is 250 g/mol. The fraction of sp³-hybridized carbons (Fsp3) is 0.455. The molecule has 7 heteroatoms. The highest BCUT2D eigenvalue weighted by Gasteiger charge is 2.30. The zero-order valence-corrected chi connectivity index (χ0v) is 10.6. The smallest absolute Gasteiger partial charge is 0.413 e. The molecule has 1 amide bonds. The Labute approximate surface area is 105 Å². The lowest BCUT2D eigenvalue weighted by Crippen LogP contribution is -2.45. The molecule has 0 aliphatic heterocycles. The Hall–Kier alpha value is -2.36. The van der Waals surface area contributed by atoms with Gasteiger partial charge in [-0.3, -0.25) is 4.90 Å². The number of rotatable bonds is 2. The Bertz CT molecular complexity index is 502. The van der Waals surface area contributed by atoms with E-state index in [0.29, 0.717) is 0 Å². The van der Waals surface area contributed by atoms with Crippen LogP contribution in [0.25, 0.3) is 0 Å². The number of aromatic nitrogens is 2. The van der Waals surface area contributed by atoms with Gasteiger partial charge < -0.3 is 9.84 Å². The van der Waals surface area contributed by atoms with Gasteiger partial charge in [-0.1, -0.05) is 0 Å². The van der Waals surface area contributed by atoms with Gasteiger partial charge in [0.1, 0.15) is 6.07 Å². The molecule has 0 radical (unpaired) electrons. The fourth-order valence-electron chi connectivity index (χ4n) is 1.42. The van der Waals surface area contributed by atoms with E-state index in [4.69, 9.17) is 10.00 Å². The molecule has 0 bridgehead atoms. The molecule has 0 saturated heterocycles. The van der Waals surface area contributed by atoms with Crippen molar-refractivity contribution in [2.24, 2.45) is 0 Å². The molecular formula is C11H14N4O3. The van der Waals surface area contributed by atoms with Crippen LogP contribution in [0.15, 0.2) is 6.20 Å². The minimum Gasteiger partial charge on any atom is -0.479 e. The summed E-state index contributed by atoms with van der Waals surface area (Å²) in [6, 6.07) is 1.82. The number of ether oxygens (including phenoxy) is 1. The summed E-state index contributed by atoms with van der Waals surface area (Å²) in [6.07, 6.45) is 0.0871. The van der Waals surface area contributed by atoms with E-state index in [1.165, 1.54) is 13.3 Å². The highest BCUT2D eigenvalue weighted by molar-refractivity contribution is 5.86. The van der Waals surface area contributed by atoms with E-state index >= 15 is 0 Å². The first-order chi connectivity index (χ1) is 8.31. The maximum atomic E-state index is 11.3. The van der Waals surface area contributed by atoms with E-state index in [9.17, 15) is 9.90 Å². The van der Waals surface area contributed by atoms with Gasteiger partial charge in [-0.25, -0.2) is 9.78 Å². The van der Waals surface area contributed by atoms with Crippen molar-refractivity contribution >= 4 is 11.9 Å². The number of hydrogen-bond acceptors (Lipinski definition) is 5. The van der Waals surface area contributed by atoms with E-state index in [2.05, 4.69) is 9.97 Å². The molecule has 0 saturated carbocycles. The lowest BCUT2D eigenvalue weighted by atomic mass is 10.1. The monoisotopic (exact) mass is 250 g/mol. The molecule has 0 atom stereocenters. The first-order valence-electron chi connectivity index (χ1n) is 5.15. The summed E-state index contributed by atoms with van der Waals surface area (Å²) >= 11 is 0. The first-order valence-corrected chi connectivity index (χ1v) is 5.15. The summed E-state index contributed by atoms with van der Waals surface area (Å²) < 4.78 is 4.90. The molecule has 96 valence electrons. The quantitative estimate of drug-likeness (QED) is 0.856. The van der Waals surface area contributed by atoms with Crippen molar-refractivity contribution in [1.82, 2.24) is 9.97 Å². The van der Waals surface area contributed by atoms with Gasteiger partial charge in [0, 0.05) is 5.54 Å². The number of amides is 1. The van der Waals surface area contributed by atoms with Crippen LogP contribution in [-0.2, 0) is 0 Å². The van der Waals surface area contributed by atoms with Crippen LogP contribution >= 0.6 is 0 Å². The lowest BCUT2D eigenvalue weighted by Gasteiger charge is -2.31. The van der Waals surface area contributed by atoms with Gasteiger partial charge in [-0.05, 0) is 20.8 Å². The molecule has 0 spiro atoms. The molecule has 0 fully saturated rings. The van der Waals surface area contributed by atoms with Crippen LogP contribution in [-0.4, -0.2) is 33.8 Å². The summed E-state index contributed by atoms with van der Waals surface area (Å²) in [5, 5.41) is 18.0. The van der Waals surface area contributed by atoms with Crippen LogP contribution in [0.1, 0.15) is 26.5 Å². The summed E-state index contributed by atoms with van der Waals surface area (Å²) in [4.78, 5) is 20.1. The van der Waals surface area contributed by atoms with Crippen molar-refractivity contribution in [3.8, 4) is 11.9 Å². The molecule has 1 aromatic rings. The number of nitriles is 1. The van der Waals surface area contributed by atoms with Crippen molar-refractivity contribution in [1.29, 1.82) is 5.26 Å². The van der Waals surface area contributed by atoms with Gasteiger partial charge in [0.05, 0.1) is 13.3 Å². The molecular weight excluding hydrogens is 236 g/mol. The predicted molar refractivity (Wildman–Crippen MR) is 63.6 cm³/mol. The largest absolute Gasteiger partial charge is 0.479 e. The number of hydrogen-bond donors (Lipinski definition) is 1. The normalized spacial score (nSPS) is 10.6. The maximum absolute atomic E-state index is 11.3. The minimum absolute atomic E-state index is 0.00509. The van der Waals surface area contributed by atoms with Crippen molar-refractivity contribution in [3.63, 3.8) is 0 Å². The lowest BCUT2D eigenvalue weighted by molar-refractivity contribution is 0.195. The van der Waals surface area contributed by atoms with Gasteiger partial charge in [0.25, 0.3) is 5.88 Å². The Morgan fingerprint density at radius 1 is 1.56 bits per heavy atom. The number of nitrogens with zero attached hydrogens (tertiary/aromatic N) is 4. The van der Waals surface area contributed by atoms with Gasteiger partial charge >= 0.3 is 6.09 Å². The van der Waals surface area contributed by atoms with Crippen molar-refractivity contribution in [2.45, 2.75) is 26.3 Å². The molecule has 18 heavy (non-hydrogen) atoms. The van der Waals surface area contributed by atoms with Gasteiger partial charge in [0.15, 0.2) is 5.82 Å². The number of carbonyl (C=O) groups is 1. The molecule has 7 nitrogen and oxygen atoms in total. The van der Waals surface area contributed by atoms with E-state index in [1.807, 2.05) is 6.07 Å². The molecule has 0 aliphatic rings. The summed E-state index contributed by atoms with van der Waals surface area (Å²) in [5.41, 5.74) is -0.667. The van der Waals surface area contributed by atoms with E-state index in [1.54, 1.807) is 20.8 Å². The van der Waals surface area contributed by atoms with Crippen LogP contribution in [0, 0.1) is 11.3 Å². The molecule has 1 aromatic heterocycles. The standard InChI is InChI=1S/C11H14N4O3/c1-11(2,3)15(10(16)17)8-6-13-7(5-12)9(14-8)18-4/h6H,1-4H3,(H,16,17). The van der Waals surface area contributed by atoms with E-state index < -0.39 is 11.6 Å². The first kappa shape index (κ1) is 13.7. The van der Waals surface area contributed by atoms with E-state index in [-0.39, 0.29) is 17.4 Å². The van der Waals surface area contributed by atoms with Crippen LogP contribution in [0.3, 0.4) is 0 Å². The highest BCUT2D eigenvalue weighted by atomic mass is 16.5. The summed E-state index contributed by atoms with van der Waals surface area (Å²) in [6.45, 7) is 5.19. The molecule has 0 aromatic carbocycles. The highest BCUT2D eigenvalue weighted by Crippen LogP contribution is 2.24. The molecule has 0 unspecified atom stereocenters. The Morgan fingerprint density at radius 3 is 2.56 bits per heavy atom. The molecule has 1 heterocycles. The predicted octanol–water partition coefficient (Wildman–Crippen LogP) is 1.64. The maximum Gasteiger partial charge on any atom is 0.413 e. The zero-order chi connectivity index (χ0) is 13.9. The Morgan fingerprint density at radius 2 is 2.17 bits per heavy atom. The van der Waals surface area contributed by atoms with E-state index in [0.717, 1.165) is 4.90 Å². The summed E-state index contributed by atoms with van der Waals surface area (Å²) in [7, 11) is 1.34. The molecule has 0 aliphatic carbocycles. The Kier molecular flexibility index (Phi) is 3.71. The van der Waals surface area contributed by atoms with Gasteiger partial charge in [-0.15, -0.1) is 0 Å². The topological polar surface area (TPSA) is 99.3 Å². The zero-order valence-electron chi connectivity index (χ0n) is 10.6. The third-order valence-corrected chi connectivity index (χ3v) is 2.12. The average Bonchev–Trinajstić information content (AvgIpc) is 2.26. The van der Waals surface area contributed by atoms with Crippen LogP contribution in [0.5, 0.6) is 5.88 Å². The second-order valence-electron chi connectivity index (χ2n) is 4.49. The third-order valence-electron chi connectivity index (χ3n) is 2.12. The Balaban J connectivity index is 3.32.